The maximum atomic E-state index is 2.68. The lowest BCUT2D eigenvalue weighted by Crippen LogP contribution is -2.44. The standard InChI is InChI=1S/C33H56.C2H6/c1-4-26-22(3)27-12-8-14-30(33(27)32-20-31(26)32)24-17-15-23(16-18-24)28-13-7-9-21(2)19-25-10-5-6-11-29(25)28;1-2/h21-33H,4-20H2,1-3H3;1-2H3. The van der Waals surface area contributed by atoms with E-state index < -0.39 is 0 Å². The van der Waals surface area contributed by atoms with Gasteiger partial charge in [-0.1, -0.05) is 79.6 Å². The van der Waals surface area contributed by atoms with Crippen LogP contribution in [0.5, 0.6) is 0 Å². The first-order valence-electron chi connectivity index (χ1n) is 17.2. The molecular formula is C35H62. The summed E-state index contributed by atoms with van der Waals surface area (Å²) in [6, 6.07) is 0. The molecule has 0 amide bonds. The van der Waals surface area contributed by atoms with Crippen LogP contribution in [0.15, 0.2) is 0 Å². The third-order valence-corrected chi connectivity index (χ3v) is 13.3. The minimum absolute atomic E-state index is 1.00. The highest BCUT2D eigenvalue weighted by Gasteiger charge is 2.59. The molecule has 6 rings (SSSR count). The van der Waals surface area contributed by atoms with Gasteiger partial charge in [0.25, 0.3) is 0 Å². The van der Waals surface area contributed by atoms with Gasteiger partial charge < -0.3 is 0 Å². The molecule has 6 aliphatic carbocycles. The number of rotatable bonds is 3. The summed E-state index contributed by atoms with van der Waals surface area (Å²) in [5.74, 6) is 14.3. The van der Waals surface area contributed by atoms with Crippen LogP contribution in [-0.4, -0.2) is 0 Å². The second kappa shape index (κ2) is 11.8. The monoisotopic (exact) mass is 482 g/mol. The van der Waals surface area contributed by atoms with Gasteiger partial charge in [-0.15, -0.1) is 0 Å². The summed E-state index contributed by atoms with van der Waals surface area (Å²) in [5, 5.41) is 0. The Balaban J connectivity index is 0.00000124. The molecule has 0 N–H and O–H groups in total. The minimum Gasteiger partial charge on any atom is -0.0683 e. The molecule has 202 valence electrons. The van der Waals surface area contributed by atoms with Gasteiger partial charge in [-0.25, -0.2) is 0 Å². The molecule has 0 saturated heterocycles. The Morgan fingerprint density at radius 3 is 1.80 bits per heavy atom. The van der Waals surface area contributed by atoms with E-state index >= 15 is 0 Å². The zero-order valence-electron chi connectivity index (χ0n) is 24.5. The fourth-order valence-electron chi connectivity index (χ4n) is 11.9. The fraction of sp³-hybridized carbons (Fsp3) is 1.00. The molecule has 0 bridgehead atoms. The zero-order valence-corrected chi connectivity index (χ0v) is 24.5. The highest BCUT2D eigenvalue weighted by Crippen LogP contribution is 2.66. The van der Waals surface area contributed by atoms with Crippen LogP contribution in [0.3, 0.4) is 0 Å². The highest BCUT2D eigenvalue weighted by atomic mass is 14.6. The van der Waals surface area contributed by atoms with Crippen LogP contribution >= 0.6 is 0 Å². The zero-order chi connectivity index (χ0) is 24.5. The van der Waals surface area contributed by atoms with Gasteiger partial charge in [0, 0.05) is 0 Å². The molecule has 0 heteroatoms. The van der Waals surface area contributed by atoms with Gasteiger partial charge in [0.2, 0.25) is 0 Å². The lowest BCUT2D eigenvalue weighted by atomic mass is 9.54. The number of hydrogen-bond donors (Lipinski definition) is 0. The van der Waals surface area contributed by atoms with Crippen molar-refractivity contribution in [1.29, 1.82) is 0 Å². The van der Waals surface area contributed by atoms with Crippen molar-refractivity contribution in [3.05, 3.63) is 0 Å². The Kier molecular flexibility index (Phi) is 8.97. The smallest absolute Gasteiger partial charge is 0.0321 e. The molecule has 11 atom stereocenters. The van der Waals surface area contributed by atoms with Crippen molar-refractivity contribution in [3.63, 3.8) is 0 Å². The van der Waals surface area contributed by atoms with Gasteiger partial charge in [0.05, 0.1) is 0 Å². The van der Waals surface area contributed by atoms with E-state index in [4.69, 9.17) is 0 Å². The second-order valence-corrected chi connectivity index (χ2v) is 14.6. The van der Waals surface area contributed by atoms with Crippen molar-refractivity contribution in [2.75, 3.05) is 0 Å². The maximum Gasteiger partial charge on any atom is -0.0321 e. The van der Waals surface area contributed by atoms with Gasteiger partial charge in [0.15, 0.2) is 0 Å². The molecule has 0 aromatic heterocycles. The van der Waals surface area contributed by atoms with Crippen molar-refractivity contribution in [1.82, 2.24) is 0 Å². The van der Waals surface area contributed by atoms with Crippen LogP contribution in [0.4, 0.5) is 0 Å². The van der Waals surface area contributed by atoms with Crippen LogP contribution in [0.2, 0.25) is 0 Å². The molecule has 0 nitrogen and oxygen atoms in total. The van der Waals surface area contributed by atoms with Gasteiger partial charge in [0.1, 0.15) is 0 Å². The Morgan fingerprint density at radius 2 is 1.06 bits per heavy atom. The number of fused-ring (bicyclic) bond motifs is 4. The van der Waals surface area contributed by atoms with E-state index in [9.17, 15) is 0 Å². The molecule has 0 aromatic rings. The van der Waals surface area contributed by atoms with Gasteiger partial charge >= 0.3 is 0 Å². The molecule has 0 aliphatic heterocycles. The maximum absolute atomic E-state index is 2.68. The molecule has 6 fully saturated rings. The first-order valence-corrected chi connectivity index (χ1v) is 17.2. The normalized spacial score (nSPS) is 51.9. The predicted molar refractivity (Wildman–Crippen MR) is 152 cm³/mol. The van der Waals surface area contributed by atoms with Crippen LogP contribution in [0, 0.1) is 76.9 Å². The van der Waals surface area contributed by atoms with Crippen molar-refractivity contribution in [2.24, 2.45) is 76.9 Å². The molecule has 35 heavy (non-hydrogen) atoms. The predicted octanol–water partition coefficient (Wildman–Crippen LogP) is 10.8. The summed E-state index contributed by atoms with van der Waals surface area (Å²) in [5.41, 5.74) is 0. The third kappa shape index (κ3) is 5.31. The lowest BCUT2D eigenvalue weighted by Gasteiger charge is -2.51. The van der Waals surface area contributed by atoms with Crippen LogP contribution in [0.25, 0.3) is 0 Å². The van der Waals surface area contributed by atoms with E-state index in [0.29, 0.717) is 0 Å². The molecule has 11 unspecified atom stereocenters. The van der Waals surface area contributed by atoms with E-state index in [1.54, 1.807) is 89.9 Å². The molecule has 0 aromatic carbocycles. The second-order valence-electron chi connectivity index (χ2n) is 14.6. The summed E-state index contributed by atoms with van der Waals surface area (Å²) in [6.07, 6.45) is 26.8. The molecular weight excluding hydrogens is 420 g/mol. The van der Waals surface area contributed by atoms with Crippen molar-refractivity contribution >= 4 is 0 Å². The van der Waals surface area contributed by atoms with E-state index in [1.165, 1.54) is 19.3 Å². The summed E-state index contributed by atoms with van der Waals surface area (Å²) in [4.78, 5) is 0. The van der Waals surface area contributed by atoms with Crippen molar-refractivity contribution in [3.8, 4) is 0 Å². The first-order chi connectivity index (χ1) is 17.2. The summed E-state index contributed by atoms with van der Waals surface area (Å²) < 4.78 is 0. The van der Waals surface area contributed by atoms with Crippen LogP contribution in [0.1, 0.15) is 144 Å². The summed E-state index contributed by atoms with van der Waals surface area (Å²) >= 11 is 0. The lowest BCUT2D eigenvalue weighted by molar-refractivity contribution is -0.0238. The highest BCUT2D eigenvalue weighted by molar-refractivity contribution is 5.08. The molecule has 0 radical (unpaired) electrons. The quantitative estimate of drug-likeness (QED) is 0.375. The molecule has 0 spiro atoms. The van der Waals surface area contributed by atoms with Crippen LogP contribution in [-0.2, 0) is 0 Å². The van der Waals surface area contributed by atoms with E-state index in [1.807, 2.05) is 13.8 Å². The first kappa shape index (κ1) is 26.6. The largest absolute Gasteiger partial charge is 0.0683 e. The van der Waals surface area contributed by atoms with E-state index in [-0.39, 0.29) is 0 Å². The summed E-state index contributed by atoms with van der Waals surface area (Å²) in [7, 11) is 0. The van der Waals surface area contributed by atoms with E-state index in [0.717, 1.165) is 76.9 Å². The Hall–Kier alpha value is 0. The fourth-order valence-corrected chi connectivity index (χ4v) is 11.9. The topological polar surface area (TPSA) is 0 Å². The SMILES string of the molecule is CC.CCC1C(C)C2CCCC(C3CCC(C4CCCC(C)CC5CCCCC54)CC3)C2C2CC12. The van der Waals surface area contributed by atoms with Gasteiger partial charge in [-0.2, -0.15) is 0 Å². The summed E-state index contributed by atoms with van der Waals surface area (Å²) in [6.45, 7) is 11.7. The van der Waals surface area contributed by atoms with Gasteiger partial charge in [-0.05, 0) is 141 Å². The minimum atomic E-state index is 1.00. The van der Waals surface area contributed by atoms with Gasteiger partial charge in [-0.3, -0.25) is 0 Å². The van der Waals surface area contributed by atoms with Crippen molar-refractivity contribution < 1.29 is 0 Å². The number of hydrogen-bond acceptors (Lipinski definition) is 0. The molecule has 6 saturated carbocycles. The Morgan fingerprint density at radius 1 is 0.486 bits per heavy atom. The average Bonchev–Trinajstić information content (AvgIpc) is 3.68. The van der Waals surface area contributed by atoms with Crippen LogP contribution < -0.4 is 0 Å². The van der Waals surface area contributed by atoms with Crippen molar-refractivity contribution in [2.45, 2.75) is 144 Å². The molecule has 0 heterocycles. The third-order valence-electron chi connectivity index (χ3n) is 13.3. The van der Waals surface area contributed by atoms with E-state index in [2.05, 4.69) is 20.8 Å². The molecule has 6 aliphatic rings. The Labute approximate surface area is 220 Å². The Bertz CT molecular complexity index is 642. The average molecular weight is 483 g/mol.